The van der Waals surface area contributed by atoms with Crippen molar-refractivity contribution in [1.29, 1.82) is 0 Å². The lowest BCUT2D eigenvalue weighted by molar-refractivity contribution is -0.137. The van der Waals surface area contributed by atoms with Crippen LogP contribution >= 0.6 is 0 Å². The highest BCUT2D eigenvalue weighted by Gasteiger charge is 2.40. The molecule has 78 valence electrons. The quantitative estimate of drug-likeness (QED) is 0.624. The van der Waals surface area contributed by atoms with Gasteiger partial charge in [-0.25, -0.2) is 0 Å². The minimum Gasteiger partial charge on any atom is -0.342 e. The molecule has 3 rings (SSSR count). The van der Waals surface area contributed by atoms with Crippen molar-refractivity contribution in [2.24, 2.45) is 17.8 Å². The SMILES string of the molecule is O=C(C1CCC1)N1CC2CCCC2C1. The van der Waals surface area contributed by atoms with Gasteiger partial charge in [0.15, 0.2) is 0 Å². The van der Waals surface area contributed by atoms with Crippen LogP contribution in [0.5, 0.6) is 0 Å². The Morgan fingerprint density at radius 3 is 2.00 bits per heavy atom. The lowest BCUT2D eigenvalue weighted by Gasteiger charge is -2.29. The Kier molecular flexibility index (Phi) is 2.03. The molecule has 2 heteroatoms. The largest absolute Gasteiger partial charge is 0.342 e. The van der Waals surface area contributed by atoms with Crippen LogP contribution in [0.25, 0.3) is 0 Å². The zero-order valence-corrected chi connectivity index (χ0v) is 8.74. The van der Waals surface area contributed by atoms with Gasteiger partial charge in [0.1, 0.15) is 0 Å². The van der Waals surface area contributed by atoms with E-state index in [1.54, 1.807) is 0 Å². The van der Waals surface area contributed by atoms with Crippen molar-refractivity contribution in [1.82, 2.24) is 4.90 Å². The first kappa shape index (κ1) is 8.75. The van der Waals surface area contributed by atoms with E-state index in [4.69, 9.17) is 0 Å². The van der Waals surface area contributed by atoms with Crippen molar-refractivity contribution >= 4 is 5.91 Å². The predicted octanol–water partition coefficient (Wildman–Crippen LogP) is 2.04. The van der Waals surface area contributed by atoms with E-state index in [2.05, 4.69) is 4.90 Å². The van der Waals surface area contributed by atoms with Gasteiger partial charge in [-0.05, 0) is 37.5 Å². The molecule has 1 amide bonds. The fraction of sp³-hybridized carbons (Fsp3) is 0.917. The Labute approximate surface area is 85.7 Å². The Balaban J connectivity index is 1.61. The van der Waals surface area contributed by atoms with E-state index < -0.39 is 0 Å². The molecule has 0 N–H and O–H groups in total. The number of fused-ring (bicyclic) bond motifs is 1. The maximum absolute atomic E-state index is 12.0. The summed E-state index contributed by atoms with van der Waals surface area (Å²) in [4.78, 5) is 14.1. The number of likely N-dealkylation sites (tertiary alicyclic amines) is 1. The number of hydrogen-bond donors (Lipinski definition) is 0. The summed E-state index contributed by atoms with van der Waals surface area (Å²) in [6.07, 6.45) is 7.74. The van der Waals surface area contributed by atoms with Crippen molar-refractivity contribution in [3.63, 3.8) is 0 Å². The predicted molar refractivity (Wildman–Crippen MR) is 54.8 cm³/mol. The first-order chi connectivity index (χ1) is 6.84. The third-order valence-electron chi connectivity index (χ3n) is 4.49. The van der Waals surface area contributed by atoms with E-state index in [0.29, 0.717) is 11.8 Å². The molecule has 3 fully saturated rings. The van der Waals surface area contributed by atoms with Crippen molar-refractivity contribution in [2.75, 3.05) is 13.1 Å². The van der Waals surface area contributed by atoms with Gasteiger partial charge in [-0.15, -0.1) is 0 Å². The minimum atomic E-state index is 0.411. The van der Waals surface area contributed by atoms with Gasteiger partial charge in [-0.2, -0.15) is 0 Å². The zero-order valence-electron chi connectivity index (χ0n) is 8.74. The van der Waals surface area contributed by atoms with E-state index in [-0.39, 0.29) is 0 Å². The van der Waals surface area contributed by atoms with Crippen LogP contribution in [0, 0.1) is 17.8 Å². The molecule has 2 aliphatic carbocycles. The van der Waals surface area contributed by atoms with Gasteiger partial charge in [0.05, 0.1) is 0 Å². The van der Waals surface area contributed by atoms with Gasteiger partial charge < -0.3 is 4.90 Å². The molecular formula is C12H19NO. The molecule has 3 aliphatic rings. The summed E-state index contributed by atoms with van der Waals surface area (Å²) in [5.74, 6) is 2.61. The molecule has 1 heterocycles. The first-order valence-electron chi connectivity index (χ1n) is 6.13. The lowest BCUT2D eigenvalue weighted by atomic mass is 9.84. The monoisotopic (exact) mass is 193 g/mol. The fourth-order valence-electron chi connectivity index (χ4n) is 3.33. The molecule has 0 aromatic rings. The molecule has 2 nitrogen and oxygen atoms in total. The first-order valence-corrected chi connectivity index (χ1v) is 6.13. The molecule has 0 radical (unpaired) electrons. The van der Waals surface area contributed by atoms with Crippen LogP contribution in [0.3, 0.4) is 0 Å². The number of nitrogens with zero attached hydrogens (tertiary/aromatic N) is 1. The summed E-state index contributed by atoms with van der Waals surface area (Å²) in [5.41, 5.74) is 0. The van der Waals surface area contributed by atoms with E-state index >= 15 is 0 Å². The average Bonchev–Trinajstić information content (AvgIpc) is 2.56. The second-order valence-electron chi connectivity index (χ2n) is 5.32. The van der Waals surface area contributed by atoms with Crippen molar-refractivity contribution in [2.45, 2.75) is 38.5 Å². The van der Waals surface area contributed by atoms with Crippen molar-refractivity contribution in [3.05, 3.63) is 0 Å². The summed E-state index contributed by atoms with van der Waals surface area (Å²) in [6.45, 7) is 2.17. The van der Waals surface area contributed by atoms with Crippen LogP contribution in [0.15, 0.2) is 0 Å². The van der Waals surface area contributed by atoms with Crippen LogP contribution < -0.4 is 0 Å². The molecule has 2 unspecified atom stereocenters. The number of rotatable bonds is 1. The highest BCUT2D eigenvalue weighted by atomic mass is 16.2. The van der Waals surface area contributed by atoms with E-state index in [1.165, 1.54) is 25.7 Å². The van der Waals surface area contributed by atoms with Gasteiger partial charge in [0.2, 0.25) is 5.91 Å². The normalized spacial score (nSPS) is 37.0. The molecule has 0 aromatic carbocycles. The van der Waals surface area contributed by atoms with Crippen LogP contribution in [0.1, 0.15) is 38.5 Å². The maximum Gasteiger partial charge on any atom is 0.225 e. The Morgan fingerprint density at radius 2 is 1.50 bits per heavy atom. The second kappa shape index (κ2) is 3.25. The molecular weight excluding hydrogens is 174 g/mol. The molecule has 1 saturated heterocycles. The van der Waals surface area contributed by atoms with Gasteiger partial charge >= 0.3 is 0 Å². The van der Waals surface area contributed by atoms with Gasteiger partial charge in [-0.1, -0.05) is 12.8 Å². The summed E-state index contributed by atoms with van der Waals surface area (Å²) >= 11 is 0. The highest BCUT2D eigenvalue weighted by molar-refractivity contribution is 5.79. The molecule has 14 heavy (non-hydrogen) atoms. The number of carbonyl (C=O) groups excluding carboxylic acids is 1. The summed E-state index contributed by atoms with van der Waals surface area (Å²) in [5, 5.41) is 0. The molecule has 2 atom stereocenters. The van der Waals surface area contributed by atoms with Crippen molar-refractivity contribution in [3.8, 4) is 0 Å². The third-order valence-corrected chi connectivity index (χ3v) is 4.49. The number of amides is 1. The Hall–Kier alpha value is -0.530. The molecule has 2 saturated carbocycles. The van der Waals surface area contributed by atoms with Crippen LogP contribution in [-0.2, 0) is 4.79 Å². The van der Waals surface area contributed by atoms with Gasteiger partial charge in [0, 0.05) is 19.0 Å². The summed E-state index contributed by atoms with van der Waals surface area (Å²) in [7, 11) is 0. The average molecular weight is 193 g/mol. The minimum absolute atomic E-state index is 0.411. The molecule has 0 bridgehead atoms. The van der Waals surface area contributed by atoms with Crippen LogP contribution in [-0.4, -0.2) is 23.9 Å². The topological polar surface area (TPSA) is 20.3 Å². The van der Waals surface area contributed by atoms with Crippen LogP contribution in [0.4, 0.5) is 0 Å². The van der Waals surface area contributed by atoms with E-state index in [9.17, 15) is 4.79 Å². The Bertz CT molecular complexity index is 235. The fourth-order valence-corrected chi connectivity index (χ4v) is 3.33. The molecule has 1 aliphatic heterocycles. The lowest BCUT2D eigenvalue weighted by Crippen LogP contribution is -2.37. The number of carbonyl (C=O) groups is 1. The second-order valence-corrected chi connectivity index (χ2v) is 5.32. The summed E-state index contributed by atoms with van der Waals surface area (Å²) in [6, 6.07) is 0. The van der Waals surface area contributed by atoms with E-state index in [1.807, 2.05) is 0 Å². The Morgan fingerprint density at radius 1 is 0.929 bits per heavy atom. The van der Waals surface area contributed by atoms with Gasteiger partial charge in [0.25, 0.3) is 0 Å². The molecule has 0 aromatic heterocycles. The zero-order chi connectivity index (χ0) is 9.54. The van der Waals surface area contributed by atoms with Gasteiger partial charge in [-0.3, -0.25) is 4.79 Å². The van der Waals surface area contributed by atoms with Crippen molar-refractivity contribution < 1.29 is 4.79 Å². The number of hydrogen-bond acceptors (Lipinski definition) is 1. The standard InChI is InChI=1S/C12H19NO/c14-12(9-3-1-4-9)13-7-10-5-2-6-11(10)8-13/h9-11H,1-8H2. The highest BCUT2D eigenvalue weighted by Crippen LogP contribution is 2.39. The maximum atomic E-state index is 12.0. The third kappa shape index (κ3) is 1.27. The van der Waals surface area contributed by atoms with Crippen LogP contribution in [0.2, 0.25) is 0 Å². The van der Waals surface area contributed by atoms with E-state index in [0.717, 1.165) is 37.8 Å². The summed E-state index contributed by atoms with van der Waals surface area (Å²) < 4.78 is 0. The smallest absolute Gasteiger partial charge is 0.225 e. The molecule has 0 spiro atoms.